The maximum atomic E-state index is 9.46. The summed E-state index contributed by atoms with van der Waals surface area (Å²) in [5, 5.41) is 9.46. The predicted molar refractivity (Wildman–Crippen MR) is 75.4 cm³/mol. The van der Waals surface area contributed by atoms with Crippen molar-refractivity contribution in [3.05, 3.63) is 23.8 Å². The molecule has 0 N–H and O–H groups in total. The summed E-state index contributed by atoms with van der Waals surface area (Å²) in [6, 6.07) is 7.53. The normalized spacial score (nSPS) is 12.3. The topological polar surface area (TPSA) is 45.5 Å². The van der Waals surface area contributed by atoms with Crippen LogP contribution < -0.4 is 9.47 Å². The molecule has 0 amide bonds. The number of hydrogen-bond donors (Lipinski definition) is 0. The van der Waals surface area contributed by atoms with Crippen LogP contribution in [0.5, 0.6) is 11.5 Å². The number of benzene rings is 1. The van der Waals surface area contributed by atoms with Gasteiger partial charge in [-0.3, -0.25) is 4.90 Å². The molecule has 1 rings (SSSR count). The third-order valence-corrected chi connectivity index (χ3v) is 2.95. The van der Waals surface area contributed by atoms with Crippen molar-refractivity contribution in [2.24, 2.45) is 5.92 Å². The lowest BCUT2D eigenvalue weighted by Gasteiger charge is -2.25. The SMILES string of the molecule is COc1ccc(OC)c(C(C#N)N(C)CC(C)C)c1. The zero-order chi connectivity index (χ0) is 14.4. The van der Waals surface area contributed by atoms with Crippen LogP contribution in [0.1, 0.15) is 25.5 Å². The van der Waals surface area contributed by atoms with Crippen LogP contribution in [0.25, 0.3) is 0 Å². The zero-order valence-electron chi connectivity index (χ0n) is 12.3. The van der Waals surface area contributed by atoms with Gasteiger partial charge in [-0.1, -0.05) is 13.8 Å². The number of nitriles is 1. The molecule has 0 radical (unpaired) electrons. The van der Waals surface area contributed by atoms with E-state index in [9.17, 15) is 5.26 Å². The van der Waals surface area contributed by atoms with E-state index >= 15 is 0 Å². The first kappa shape index (κ1) is 15.3. The van der Waals surface area contributed by atoms with Gasteiger partial charge in [0.1, 0.15) is 17.5 Å². The molecule has 1 unspecified atom stereocenters. The highest BCUT2D eigenvalue weighted by molar-refractivity contribution is 5.44. The Hall–Kier alpha value is -1.73. The van der Waals surface area contributed by atoms with Crippen LogP contribution in [0.2, 0.25) is 0 Å². The van der Waals surface area contributed by atoms with E-state index in [1.807, 2.05) is 30.1 Å². The van der Waals surface area contributed by atoms with Gasteiger partial charge in [0.25, 0.3) is 0 Å². The van der Waals surface area contributed by atoms with Gasteiger partial charge in [-0.15, -0.1) is 0 Å². The molecule has 1 atom stereocenters. The average molecular weight is 262 g/mol. The van der Waals surface area contributed by atoms with E-state index in [1.54, 1.807) is 14.2 Å². The van der Waals surface area contributed by atoms with Crippen molar-refractivity contribution >= 4 is 0 Å². The van der Waals surface area contributed by atoms with Crippen molar-refractivity contribution in [3.8, 4) is 17.6 Å². The highest BCUT2D eigenvalue weighted by atomic mass is 16.5. The first-order valence-electron chi connectivity index (χ1n) is 6.35. The van der Waals surface area contributed by atoms with Crippen molar-refractivity contribution in [1.82, 2.24) is 4.90 Å². The fraction of sp³-hybridized carbons (Fsp3) is 0.533. The lowest BCUT2D eigenvalue weighted by atomic mass is 10.0. The van der Waals surface area contributed by atoms with E-state index in [-0.39, 0.29) is 6.04 Å². The molecule has 0 aliphatic carbocycles. The van der Waals surface area contributed by atoms with Gasteiger partial charge in [0.2, 0.25) is 0 Å². The Morgan fingerprint density at radius 1 is 1.26 bits per heavy atom. The van der Waals surface area contributed by atoms with Gasteiger partial charge in [0.05, 0.1) is 20.3 Å². The second-order valence-corrected chi connectivity index (χ2v) is 4.97. The van der Waals surface area contributed by atoms with Crippen LogP contribution in [-0.4, -0.2) is 32.7 Å². The number of rotatable bonds is 6. The molecule has 1 aromatic carbocycles. The van der Waals surface area contributed by atoms with E-state index in [1.165, 1.54) is 0 Å². The lowest BCUT2D eigenvalue weighted by molar-refractivity contribution is 0.253. The smallest absolute Gasteiger partial charge is 0.127 e. The molecule has 0 aliphatic heterocycles. The van der Waals surface area contributed by atoms with Gasteiger partial charge in [0, 0.05) is 12.1 Å². The van der Waals surface area contributed by atoms with E-state index in [2.05, 4.69) is 19.9 Å². The molecule has 1 aromatic rings. The Balaban J connectivity index is 3.12. The molecule has 0 aromatic heterocycles. The second-order valence-electron chi connectivity index (χ2n) is 4.97. The number of ether oxygens (including phenoxy) is 2. The minimum absolute atomic E-state index is 0.340. The third-order valence-electron chi connectivity index (χ3n) is 2.95. The van der Waals surface area contributed by atoms with Crippen LogP contribution in [0, 0.1) is 17.2 Å². The van der Waals surface area contributed by atoms with Gasteiger partial charge in [-0.25, -0.2) is 0 Å². The Labute approximate surface area is 115 Å². The molecule has 0 fully saturated rings. The molecular formula is C15H22N2O2. The number of nitrogens with zero attached hydrogens (tertiary/aromatic N) is 2. The highest BCUT2D eigenvalue weighted by Gasteiger charge is 2.21. The molecule has 0 heterocycles. The van der Waals surface area contributed by atoms with Crippen LogP contribution >= 0.6 is 0 Å². The molecule has 4 nitrogen and oxygen atoms in total. The number of hydrogen-bond acceptors (Lipinski definition) is 4. The first-order valence-corrected chi connectivity index (χ1v) is 6.35. The van der Waals surface area contributed by atoms with E-state index in [4.69, 9.17) is 9.47 Å². The van der Waals surface area contributed by atoms with Gasteiger partial charge >= 0.3 is 0 Å². The number of methoxy groups -OCH3 is 2. The summed E-state index contributed by atoms with van der Waals surface area (Å²) < 4.78 is 10.6. The van der Waals surface area contributed by atoms with Crippen LogP contribution in [0.15, 0.2) is 18.2 Å². The highest BCUT2D eigenvalue weighted by Crippen LogP contribution is 2.32. The molecule has 0 spiro atoms. The van der Waals surface area contributed by atoms with Crippen molar-refractivity contribution < 1.29 is 9.47 Å². The molecule has 0 saturated heterocycles. The summed E-state index contributed by atoms with van der Waals surface area (Å²) in [6.45, 7) is 5.11. The molecular weight excluding hydrogens is 240 g/mol. The largest absolute Gasteiger partial charge is 0.497 e. The van der Waals surface area contributed by atoms with Crippen molar-refractivity contribution in [1.29, 1.82) is 5.26 Å². The first-order chi connectivity index (χ1) is 9.03. The maximum absolute atomic E-state index is 9.46. The van der Waals surface area contributed by atoms with Crippen molar-refractivity contribution in [2.75, 3.05) is 27.8 Å². The van der Waals surface area contributed by atoms with E-state index < -0.39 is 0 Å². The Bertz CT molecular complexity index is 452. The Kier molecular flexibility index (Phi) is 5.65. The molecule has 19 heavy (non-hydrogen) atoms. The minimum atomic E-state index is -0.340. The molecule has 0 bridgehead atoms. The Morgan fingerprint density at radius 2 is 1.95 bits per heavy atom. The predicted octanol–water partition coefficient (Wildman–Crippen LogP) is 2.86. The fourth-order valence-electron chi connectivity index (χ4n) is 2.14. The summed E-state index contributed by atoms with van der Waals surface area (Å²) >= 11 is 0. The fourth-order valence-corrected chi connectivity index (χ4v) is 2.14. The monoisotopic (exact) mass is 262 g/mol. The summed E-state index contributed by atoms with van der Waals surface area (Å²) in [5.41, 5.74) is 0.840. The van der Waals surface area contributed by atoms with Crippen LogP contribution in [0.3, 0.4) is 0 Å². The molecule has 0 aliphatic rings. The minimum Gasteiger partial charge on any atom is -0.497 e. The second kappa shape index (κ2) is 7.01. The van der Waals surface area contributed by atoms with Crippen molar-refractivity contribution in [3.63, 3.8) is 0 Å². The van der Waals surface area contributed by atoms with E-state index in [0.29, 0.717) is 11.7 Å². The van der Waals surface area contributed by atoms with Crippen LogP contribution in [-0.2, 0) is 0 Å². The summed E-state index contributed by atoms with van der Waals surface area (Å²) in [4.78, 5) is 2.03. The average Bonchev–Trinajstić information content (AvgIpc) is 2.38. The standard InChI is InChI=1S/C15H22N2O2/c1-11(2)10-17(3)14(9-16)13-8-12(18-4)6-7-15(13)19-5/h6-8,11,14H,10H2,1-5H3. The molecule has 104 valence electrons. The lowest BCUT2D eigenvalue weighted by Crippen LogP contribution is -2.27. The maximum Gasteiger partial charge on any atom is 0.127 e. The zero-order valence-corrected chi connectivity index (χ0v) is 12.3. The van der Waals surface area contributed by atoms with Crippen LogP contribution in [0.4, 0.5) is 0 Å². The van der Waals surface area contributed by atoms with Crippen molar-refractivity contribution in [2.45, 2.75) is 19.9 Å². The molecule has 4 heteroatoms. The van der Waals surface area contributed by atoms with Gasteiger partial charge in [-0.05, 0) is 31.2 Å². The molecule has 0 saturated carbocycles. The summed E-state index contributed by atoms with van der Waals surface area (Å²) in [5.74, 6) is 1.94. The Morgan fingerprint density at radius 3 is 2.42 bits per heavy atom. The van der Waals surface area contributed by atoms with Gasteiger partial charge in [-0.2, -0.15) is 5.26 Å². The summed E-state index contributed by atoms with van der Waals surface area (Å²) in [6.07, 6.45) is 0. The van der Waals surface area contributed by atoms with Gasteiger partial charge < -0.3 is 9.47 Å². The van der Waals surface area contributed by atoms with Gasteiger partial charge in [0.15, 0.2) is 0 Å². The van der Waals surface area contributed by atoms with E-state index in [0.717, 1.165) is 17.9 Å². The quantitative estimate of drug-likeness (QED) is 0.791. The third kappa shape index (κ3) is 3.87. The summed E-state index contributed by atoms with van der Waals surface area (Å²) in [7, 11) is 5.18.